The quantitative estimate of drug-likeness (QED) is 0.504. The number of hydrogen-bond acceptors (Lipinski definition) is 3. The van der Waals surface area contributed by atoms with Crippen molar-refractivity contribution < 1.29 is 19.0 Å². The van der Waals surface area contributed by atoms with Crippen LogP contribution in [0.3, 0.4) is 0 Å². The van der Waals surface area contributed by atoms with E-state index >= 15 is 0 Å². The molecule has 0 spiro atoms. The van der Waals surface area contributed by atoms with Crippen molar-refractivity contribution in [2.75, 3.05) is 0 Å². The number of nitrogens with zero attached hydrogens (tertiary/aromatic N) is 1. The number of hydrogen-bond donors (Lipinski definition) is 3. The molecule has 0 radical (unpaired) electrons. The molecule has 1 heterocycles. The van der Waals surface area contributed by atoms with Crippen molar-refractivity contribution >= 4 is 11.3 Å². The second kappa shape index (κ2) is 2.31. The standard InChI is InChI=1S/C4H5NO4S/c6-3-1-2-4(7)5(3)10(8)9/h1-2,6-7H,(H,8,9). The Balaban J connectivity index is 3.23. The third-order valence-electron chi connectivity index (χ3n) is 0.954. The normalized spacial score (nSPS) is 13.3. The molecule has 1 atom stereocenters. The molecule has 0 aliphatic heterocycles. The lowest BCUT2D eigenvalue weighted by molar-refractivity contribution is 0.405. The van der Waals surface area contributed by atoms with Gasteiger partial charge in [0.15, 0.2) is 0 Å². The Bertz CT molecular complexity index is 249. The molecule has 0 aliphatic rings. The first-order chi connectivity index (χ1) is 4.63. The van der Waals surface area contributed by atoms with Crippen LogP contribution in [0.4, 0.5) is 0 Å². The summed E-state index contributed by atoms with van der Waals surface area (Å²) in [6.07, 6.45) is 0. The molecule has 3 N–H and O–H groups in total. The van der Waals surface area contributed by atoms with E-state index in [1.54, 1.807) is 0 Å². The fourth-order valence-corrected chi connectivity index (χ4v) is 1.00. The average Bonchev–Trinajstić information content (AvgIpc) is 2.11. The van der Waals surface area contributed by atoms with Crippen molar-refractivity contribution in [3.8, 4) is 11.8 Å². The zero-order valence-corrected chi connectivity index (χ0v) is 5.58. The van der Waals surface area contributed by atoms with E-state index in [1.807, 2.05) is 0 Å². The van der Waals surface area contributed by atoms with Gasteiger partial charge in [0.2, 0.25) is 11.8 Å². The number of aromatic nitrogens is 1. The van der Waals surface area contributed by atoms with E-state index in [1.165, 1.54) is 0 Å². The minimum absolute atomic E-state index is 0.446. The van der Waals surface area contributed by atoms with Crippen LogP contribution in [0.25, 0.3) is 0 Å². The van der Waals surface area contributed by atoms with Crippen LogP contribution in [0, 0.1) is 0 Å². The first-order valence-electron chi connectivity index (χ1n) is 2.34. The predicted molar refractivity (Wildman–Crippen MR) is 33.9 cm³/mol. The summed E-state index contributed by atoms with van der Waals surface area (Å²) in [7, 11) is 0. The van der Waals surface area contributed by atoms with Crippen molar-refractivity contribution in [3.05, 3.63) is 12.1 Å². The molecule has 0 aliphatic carbocycles. The maximum Gasteiger partial charge on any atom is 0.271 e. The molecule has 56 valence electrons. The highest BCUT2D eigenvalue weighted by molar-refractivity contribution is 7.77. The average molecular weight is 163 g/mol. The largest absolute Gasteiger partial charge is 0.494 e. The van der Waals surface area contributed by atoms with Gasteiger partial charge < -0.3 is 10.2 Å². The van der Waals surface area contributed by atoms with Crippen molar-refractivity contribution in [1.82, 2.24) is 3.97 Å². The highest BCUT2D eigenvalue weighted by Crippen LogP contribution is 2.20. The van der Waals surface area contributed by atoms with Crippen LogP contribution in [0.15, 0.2) is 12.1 Å². The molecule has 0 bridgehead atoms. The molecule has 10 heavy (non-hydrogen) atoms. The fourth-order valence-electron chi connectivity index (χ4n) is 0.562. The van der Waals surface area contributed by atoms with Crippen LogP contribution in [0.1, 0.15) is 0 Å². The van der Waals surface area contributed by atoms with E-state index in [2.05, 4.69) is 0 Å². The smallest absolute Gasteiger partial charge is 0.271 e. The summed E-state index contributed by atoms with van der Waals surface area (Å²) in [6.45, 7) is 0. The summed E-state index contributed by atoms with van der Waals surface area (Å²) in [6, 6.07) is 2.23. The Morgan fingerprint density at radius 3 is 1.90 bits per heavy atom. The molecule has 6 heteroatoms. The lowest BCUT2D eigenvalue weighted by atomic mass is 10.6. The molecule has 1 aromatic heterocycles. The minimum Gasteiger partial charge on any atom is -0.494 e. The number of rotatable bonds is 1. The van der Waals surface area contributed by atoms with Crippen LogP contribution in [0.5, 0.6) is 11.8 Å². The van der Waals surface area contributed by atoms with Crippen molar-refractivity contribution in [1.29, 1.82) is 0 Å². The highest BCUT2D eigenvalue weighted by atomic mass is 32.2. The summed E-state index contributed by atoms with van der Waals surface area (Å²) >= 11 is -2.40. The fraction of sp³-hybridized carbons (Fsp3) is 0. The van der Waals surface area contributed by atoms with Gasteiger partial charge in [0.25, 0.3) is 11.3 Å². The molecule has 5 nitrogen and oxygen atoms in total. The van der Waals surface area contributed by atoms with Gasteiger partial charge in [0, 0.05) is 12.1 Å². The van der Waals surface area contributed by atoms with Crippen LogP contribution >= 0.6 is 0 Å². The van der Waals surface area contributed by atoms with Gasteiger partial charge in [-0.15, -0.1) is 0 Å². The second-order valence-electron chi connectivity index (χ2n) is 1.57. The monoisotopic (exact) mass is 163 g/mol. The molecular formula is C4H5NO4S. The van der Waals surface area contributed by atoms with E-state index < -0.39 is 23.0 Å². The van der Waals surface area contributed by atoms with Crippen molar-refractivity contribution in [3.63, 3.8) is 0 Å². The zero-order chi connectivity index (χ0) is 7.72. The van der Waals surface area contributed by atoms with Gasteiger partial charge in [-0.2, -0.15) is 3.97 Å². The van der Waals surface area contributed by atoms with Crippen LogP contribution in [-0.2, 0) is 11.3 Å². The maximum atomic E-state index is 10.3. The molecular weight excluding hydrogens is 158 g/mol. The molecule has 0 saturated heterocycles. The molecule has 0 aromatic carbocycles. The van der Waals surface area contributed by atoms with E-state index in [-0.39, 0.29) is 0 Å². The summed E-state index contributed by atoms with van der Waals surface area (Å²) in [5.74, 6) is -0.892. The van der Waals surface area contributed by atoms with E-state index in [0.29, 0.717) is 3.97 Å². The third-order valence-corrected chi connectivity index (χ3v) is 1.64. The van der Waals surface area contributed by atoms with Crippen molar-refractivity contribution in [2.45, 2.75) is 0 Å². The minimum atomic E-state index is -2.40. The molecule has 1 rings (SSSR count). The van der Waals surface area contributed by atoms with Crippen LogP contribution in [-0.4, -0.2) is 22.9 Å². The summed E-state index contributed by atoms with van der Waals surface area (Å²) in [5.41, 5.74) is 0. The first kappa shape index (κ1) is 7.10. The molecule has 1 unspecified atom stereocenters. The Morgan fingerprint density at radius 2 is 1.70 bits per heavy atom. The van der Waals surface area contributed by atoms with Gasteiger partial charge in [0.1, 0.15) is 0 Å². The van der Waals surface area contributed by atoms with Gasteiger partial charge in [-0.1, -0.05) is 0 Å². The second-order valence-corrected chi connectivity index (χ2v) is 2.40. The molecule has 1 aromatic rings. The number of aromatic hydroxyl groups is 2. The van der Waals surface area contributed by atoms with Crippen LogP contribution in [0.2, 0.25) is 0 Å². The van der Waals surface area contributed by atoms with E-state index in [4.69, 9.17) is 14.8 Å². The predicted octanol–water partition coefficient (Wildman–Crippen LogP) is -0.116. The lowest BCUT2D eigenvalue weighted by Gasteiger charge is -1.97. The molecule has 0 fully saturated rings. The first-order valence-corrected chi connectivity index (χ1v) is 3.40. The van der Waals surface area contributed by atoms with E-state index in [9.17, 15) is 4.21 Å². The maximum absolute atomic E-state index is 10.3. The lowest BCUT2D eigenvalue weighted by Crippen LogP contribution is -2.00. The SMILES string of the molecule is O=S(O)n1c(O)ccc1O. The van der Waals surface area contributed by atoms with Gasteiger partial charge >= 0.3 is 0 Å². The van der Waals surface area contributed by atoms with Gasteiger partial charge in [-0.3, -0.25) is 4.55 Å². The third kappa shape index (κ3) is 0.981. The van der Waals surface area contributed by atoms with E-state index in [0.717, 1.165) is 12.1 Å². The summed E-state index contributed by atoms with van der Waals surface area (Å²) in [4.78, 5) is 0. The Hall–Kier alpha value is -1.01. The van der Waals surface area contributed by atoms with Crippen LogP contribution < -0.4 is 0 Å². The van der Waals surface area contributed by atoms with Gasteiger partial charge in [0.05, 0.1) is 0 Å². The molecule has 0 saturated carbocycles. The highest BCUT2D eigenvalue weighted by Gasteiger charge is 2.08. The molecule has 0 amide bonds. The zero-order valence-electron chi connectivity index (χ0n) is 4.76. The van der Waals surface area contributed by atoms with Gasteiger partial charge in [-0.05, 0) is 0 Å². The Kier molecular flexibility index (Phi) is 1.64. The summed E-state index contributed by atoms with van der Waals surface area (Å²) < 4.78 is 19.1. The van der Waals surface area contributed by atoms with Crippen molar-refractivity contribution in [2.24, 2.45) is 0 Å². The topological polar surface area (TPSA) is 82.7 Å². The van der Waals surface area contributed by atoms with Gasteiger partial charge in [-0.25, -0.2) is 4.21 Å². The summed E-state index contributed by atoms with van der Waals surface area (Å²) in [5, 5.41) is 17.5. The Labute approximate surface area is 59.0 Å². The Morgan fingerprint density at radius 1 is 1.30 bits per heavy atom.